The zero-order chi connectivity index (χ0) is 13.3. The van der Waals surface area contributed by atoms with E-state index in [0.29, 0.717) is 25.8 Å². The number of carbonyl (C=O) groups excluding carboxylic acids is 3. The fraction of sp³-hybridized carbons (Fsp3) is 0.750. The largest absolute Gasteiger partial charge is 0.359 e. The van der Waals surface area contributed by atoms with Gasteiger partial charge in [0.15, 0.2) is 0 Å². The van der Waals surface area contributed by atoms with Gasteiger partial charge in [-0.3, -0.25) is 9.59 Å². The van der Waals surface area contributed by atoms with Gasteiger partial charge in [0, 0.05) is 32.9 Å². The maximum Gasteiger partial charge on any atom is 0.220 e. The molecule has 0 aliphatic carbocycles. The summed E-state index contributed by atoms with van der Waals surface area (Å²) in [5.74, 6) is 0.625. The number of nitrogens with one attached hydrogen (secondary N) is 2. The molecule has 1 rings (SSSR count). The summed E-state index contributed by atoms with van der Waals surface area (Å²) in [7, 11) is 1.65. The molecular weight excluding hydrogens is 220 g/mol. The summed E-state index contributed by atoms with van der Waals surface area (Å²) in [5.41, 5.74) is 0. The van der Waals surface area contributed by atoms with Crippen LogP contribution in [0, 0.1) is 5.92 Å². The summed E-state index contributed by atoms with van der Waals surface area (Å²) >= 11 is 0. The zero-order valence-electron chi connectivity index (χ0n) is 10.8. The Morgan fingerprint density at radius 1 is 1.47 bits per heavy atom. The van der Waals surface area contributed by atoms with Gasteiger partial charge in [0.25, 0.3) is 0 Å². The third-order valence-corrected chi connectivity index (χ3v) is 2.39. The molecule has 1 fully saturated rings. The molecule has 0 spiro atoms. The summed E-state index contributed by atoms with van der Waals surface area (Å²) < 4.78 is 0. The predicted molar refractivity (Wildman–Crippen MR) is 65.4 cm³/mol. The second kappa shape index (κ2) is 8.73. The second-order valence-electron chi connectivity index (χ2n) is 4.20. The highest BCUT2D eigenvalue weighted by molar-refractivity contribution is 5.81. The van der Waals surface area contributed by atoms with Crippen molar-refractivity contribution >= 4 is 17.6 Å². The Bertz CT molecular complexity index is 277. The maximum atomic E-state index is 10.6. The summed E-state index contributed by atoms with van der Waals surface area (Å²) in [6.07, 6.45) is 2.65. The van der Waals surface area contributed by atoms with Crippen molar-refractivity contribution in [3.63, 3.8) is 0 Å². The van der Waals surface area contributed by atoms with E-state index in [1.54, 1.807) is 14.0 Å². The standard InChI is InChI=1S/C7H11NO2.C5H11NO/c1-5(9)2-6-3-7(10)8-4-6;1-3-4-5(7)6-2/h6H,2-4H2,1H3,(H,8,10);3-4H2,1-2H3,(H,6,7). The van der Waals surface area contributed by atoms with Crippen LogP contribution in [0.2, 0.25) is 0 Å². The lowest BCUT2D eigenvalue weighted by Crippen LogP contribution is -2.16. The third kappa shape index (κ3) is 8.42. The predicted octanol–water partition coefficient (Wildman–Crippen LogP) is 0.634. The highest BCUT2D eigenvalue weighted by atomic mass is 16.2. The number of hydrogen-bond donors (Lipinski definition) is 2. The Balaban J connectivity index is 0.000000325. The first-order valence-corrected chi connectivity index (χ1v) is 5.96. The molecule has 1 aliphatic heterocycles. The third-order valence-electron chi connectivity index (χ3n) is 2.39. The molecule has 1 atom stereocenters. The molecule has 5 heteroatoms. The summed E-state index contributed by atoms with van der Waals surface area (Å²) in [4.78, 5) is 31.5. The van der Waals surface area contributed by atoms with Crippen LogP contribution in [0.4, 0.5) is 0 Å². The van der Waals surface area contributed by atoms with Gasteiger partial charge in [-0.05, 0) is 19.3 Å². The number of carbonyl (C=O) groups is 3. The van der Waals surface area contributed by atoms with Crippen molar-refractivity contribution in [2.45, 2.75) is 39.5 Å². The van der Waals surface area contributed by atoms with Crippen LogP contribution in [0.5, 0.6) is 0 Å². The van der Waals surface area contributed by atoms with Crippen LogP contribution in [-0.4, -0.2) is 31.2 Å². The molecular formula is C12H22N2O3. The lowest BCUT2D eigenvalue weighted by atomic mass is 10.0. The van der Waals surface area contributed by atoms with Gasteiger partial charge >= 0.3 is 0 Å². The van der Waals surface area contributed by atoms with Gasteiger partial charge in [0.05, 0.1) is 0 Å². The van der Waals surface area contributed by atoms with Gasteiger partial charge in [-0.25, -0.2) is 0 Å². The van der Waals surface area contributed by atoms with Crippen molar-refractivity contribution in [3.05, 3.63) is 0 Å². The Morgan fingerprint density at radius 2 is 2.12 bits per heavy atom. The monoisotopic (exact) mass is 242 g/mol. The van der Waals surface area contributed by atoms with E-state index in [4.69, 9.17) is 0 Å². The summed E-state index contributed by atoms with van der Waals surface area (Å²) in [6.45, 7) is 4.22. The Labute approximate surface area is 102 Å². The van der Waals surface area contributed by atoms with Crippen LogP contribution < -0.4 is 10.6 Å². The van der Waals surface area contributed by atoms with E-state index >= 15 is 0 Å². The van der Waals surface area contributed by atoms with Crippen LogP contribution >= 0.6 is 0 Å². The first kappa shape index (κ1) is 15.6. The maximum absolute atomic E-state index is 10.6. The van der Waals surface area contributed by atoms with Crippen molar-refractivity contribution in [2.75, 3.05) is 13.6 Å². The average Bonchev–Trinajstić information content (AvgIpc) is 2.64. The van der Waals surface area contributed by atoms with Crippen LogP contribution in [0.1, 0.15) is 39.5 Å². The highest BCUT2D eigenvalue weighted by Crippen LogP contribution is 2.12. The number of ketones is 1. The normalized spacial score (nSPS) is 17.8. The van der Waals surface area contributed by atoms with E-state index < -0.39 is 0 Å². The molecule has 98 valence electrons. The first-order valence-electron chi connectivity index (χ1n) is 5.96. The van der Waals surface area contributed by atoms with Gasteiger partial charge in [0.2, 0.25) is 11.8 Å². The van der Waals surface area contributed by atoms with Gasteiger partial charge < -0.3 is 15.4 Å². The molecule has 0 saturated carbocycles. The minimum Gasteiger partial charge on any atom is -0.359 e. The van der Waals surface area contributed by atoms with Crippen molar-refractivity contribution in [1.82, 2.24) is 10.6 Å². The molecule has 0 radical (unpaired) electrons. The molecule has 2 N–H and O–H groups in total. The topological polar surface area (TPSA) is 75.3 Å². The van der Waals surface area contributed by atoms with Crippen LogP contribution in [0.25, 0.3) is 0 Å². The van der Waals surface area contributed by atoms with E-state index in [0.717, 1.165) is 6.42 Å². The van der Waals surface area contributed by atoms with Crippen LogP contribution in [0.15, 0.2) is 0 Å². The van der Waals surface area contributed by atoms with E-state index in [1.807, 2.05) is 6.92 Å². The Kier molecular flexibility index (Phi) is 8.01. The average molecular weight is 242 g/mol. The molecule has 1 unspecified atom stereocenters. The molecule has 1 saturated heterocycles. The molecule has 0 aromatic rings. The van der Waals surface area contributed by atoms with Crippen molar-refractivity contribution in [2.24, 2.45) is 5.92 Å². The smallest absolute Gasteiger partial charge is 0.220 e. The molecule has 0 aromatic carbocycles. The van der Waals surface area contributed by atoms with Crippen LogP contribution in [0.3, 0.4) is 0 Å². The fourth-order valence-electron chi connectivity index (χ4n) is 1.57. The molecule has 0 bridgehead atoms. The molecule has 5 nitrogen and oxygen atoms in total. The fourth-order valence-corrected chi connectivity index (χ4v) is 1.57. The van der Waals surface area contributed by atoms with Gasteiger partial charge in [-0.2, -0.15) is 0 Å². The zero-order valence-corrected chi connectivity index (χ0v) is 10.8. The van der Waals surface area contributed by atoms with E-state index in [-0.39, 0.29) is 23.5 Å². The minimum absolute atomic E-state index is 0.0752. The molecule has 1 heterocycles. The van der Waals surface area contributed by atoms with E-state index in [9.17, 15) is 14.4 Å². The minimum atomic E-state index is 0.0752. The lowest BCUT2D eigenvalue weighted by molar-refractivity contribution is -0.121. The van der Waals surface area contributed by atoms with Crippen molar-refractivity contribution in [3.8, 4) is 0 Å². The number of hydrogen-bond acceptors (Lipinski definition) is 3. The second-order valence-corrected chi connectivity index (χ2v) is 4.20. The molecule has 2 amide bonds. The summed E-state index contributed by atoms with van der Waals surface area (Å²) in [6, 6.07) is 0. The van der Waals surface area contributed by atoms with Gasteiger partial charge in [-0.15, -0.1) is 0 Å². The molecule has 0 aromatic heterocycles. The van der Waals surface area contributed by atoms with E-state index in [2.05, 4.69) is 10.6 Å². The molecule has 1 aliphatic rings. The van der Waals surface area contributed by atoms with Crippen molar-refractivity contribution < 1.29 is 14.4 Å². The number of rotatable bonds is 4. The number of Topliss-reactive ketones (excluding diaryl/α,β-unsaturated/α-hetero) is 1. The quantitative estimate of drug-likeness (QED) is 0.759. The van der Waals surface area contributed by atoms with Gasteiger partial charge in [-0.1, -0.05) is 6.92 Å². The summed E-state index contributed by atoms with van der Waals surface area (Å²) in [5, 5.41) is 5.21. The Morgan fingerprint density at radius 3 is 2.41 bits per heavy atom. The molecule has 17 heavy (non-hydrogen) atoms. The highest BCUT2D eigenvalue weighted by Gasteiger charge is 2.21. The lowest BCUT2D eigenvalue weighted by Gasteiger charge is -2.00. The van der Waals surface area contributed by atoms with Crippen molar-refractivity contribution in [1.29, 1.82) is 0 Å². The Hall–Kier alpha value is -1.39. The number of amides is 2. The van der Waals surface area contributed by atoms with E-state index in [1.165, 1.54) is 0 Å². The van der Waals surface area contributed by atoms with Crippen LogP contribution in [-0.2, 0) is 14.4 Å². The van der Waals surface area contributed by atoms with Gasteiger partial charge in [0.1, 0.15) is 5.78 Å². The SMILES string of the molecule is CC(=O)CC1CNC(=O)C1.CCCC(=O)NC. The first-order chi connectivity index (χ1) is 7.99.